The maximum Gasteiger partial charge on any atom is 0.325 e. The number of hydrogen-bond donors (Lipinski definition) is 1. The van der Waals surface area contributed by atoms with Gasteiger partial charge in [-0.1, -0.05) is 74.8 Å². The SMILES string of the molecule is CC(C)(C)/C(N)=N/C(=N/S(=O)(=O)N1CCC(F)(F)CC1)N1CC(c2ccccc2)C(c2ccc(Cl)cc2)=N1. The Hall–Kier alpha value is -2.89. The van der Waals surface area contributed by atoms with Gasteiger partial charge in [-0.15, -0.1) is 4.40 Å². The molecule has 2 heterocycles. The number of hydrogen-bond acceptors (Lipinski definition) is 3. The highest BCUT2D eigenvalue weighted by atomic mass is 35.5. The van der Waals surface area contributed by atoms with Gasteiger partial charge in [0.15, 0.2) is 0 Å². The second kappa shape index (κ2) is 10.7. The summed E-state index contributed by atoms with van der Waals surface area (Å²) in [4.78, 5) is 4.40. The first kappa shape index (κ1) is 28.1. The van der Waals surface area contributed by atoms with E-state index in [0.29, 0.717) is 10.7 Å². The van der Waals surface area contributed by atoms with E-state index in [0.717, 1.165) is 15.4 Å². The maximum absolute atomic E-state index is 13.7. The zero-order valence-electron chi connectivity index (χ0n) is 21.5. The van der Waals surface area contributed by atoms with Crippen molar-refractivity contribution >= 4 is 39.3 Å². The molecule has 38 heavy (non-hydrogen) atoms. The molecule has 1 atom stereocenters. The fourth-order valence-electron chi connectivity index (χ4n) is 4.06. The maximum atomic E-state index is 13.7. The molecule has 0 amide bonds. The monoisotopic (exact) mass is 564 g/mol. The van der Waals surface area contributed by atoms with Gasteiger partial charge in [0.05, 0.1) is 12.3 Å². The third-order valence-corrected chi connectivity index (χ3v) is 8.12. The van der Waals surface area contributed by atoms with Crippen molar-refractivity contribution in [3.63, 3.8) is 0 Å². The number of guanidine groups is 1. The van der Waals surface area contributed by atoms with E-state index in [2.05, 4.69) is 9.39 Å². The Morgan fingerprint density at radius 2 is 1.68 bits per heavy atom. The van der Waals surface area contributed by atoms with E-state index in [-0.39, 0.29) is 37.3 Å². The molecule has 2 aliphatic rings. The highest BCUT2D eigenvalue weighted by molar-refractivity contribution is 7.87. The van der Waals surface area contributed by atoms with Crippen molar-refractivity contribution in [2.75, 3.05) is 19.6 Å². The average molecular weight is 565 g/mol. The lowest BCUT2D eigenvalue weighted by Crippen LogP contribution is -2.42. The Kier molecular flexibility index (Phi) is 7.92. The molecule has 204 valence electrons. The highest BCUT2D eigenvalue weighted by Gasteiger charge is 2.39. The molecule has 0 saturated carbocycles. The minimum Gasteiger partial charge on any atom is -0.387 e. The van der Waals surface area contributed by atoms with E-state index in [1.54, 1.807) is 12.1 Å². The number of benzene rings is 2. The van der Waals surface area contributed by atoms with Gasteiger partial charge in [-0.25, -0.2) is 13.8 Å². The van der Waals surface area contributed by atoms with Crippen LogP contribution >= 0.6 is 11.6 Å². The van der Waals surface area contributed by atoms with Crippen LogP contribution in [0.5, 0.6) is 0 Å². The number of nitrogens with zero attached hydrogens (tertiary/aromatic N) is 5. The molecule has 2 aromatic carbocycles. The Balaban J connectivity index is 1.78. The Morgan fingerprint density at radius 1 is 1.08 bits per heavy atom. The average Bonchev–Trinajstić information content (AvgIpc) is 3.29. The van der Waals surface area contributed by atoms with Crippen LogP contribution in [0.3, 0.4) is 0 Å². The van der Waals surface area contributed by atoms with Crippen LogP contribution in [0.25, 0.3) is 0 Å². The molecule has 1 unspecified atom stereocenters. The molecular formula is C26H31ClF2N6O2S. The Bertz CT molecular complexity index is 1350. The lowest BCUT2D eigenvalue weighted by molar-refractivity contribution is -0.0411. The summed E-state index contributed by atoms with van der Waals surface area (Å²) in [6.45, 7) is 5.08. The van der Waals surface area contributed by atoms with Crippen molar-refractivity contribution in [2.45, 2.75) is 45.5 Å². The fraction of sp³-hybridized carbons (Fsp3) is 0.423. The minimum atomic E-state index is -4.33. The number of piperidine rings is 1. The van der Waals surface area contributed by atoms with Crippen molar-refractivity contribution in [1.82, 2.24) is 9.31 Å². The van der Waals surface area contributed by atoms with Crippen LogP contribution in [-0.2, 0) is 10.2 Å². The number of rotatable bonds is 4. The van der Waals surface area contributed by atoms with E-state index < -0.39 is 34.4 Å². The molecule has 4 rings (SSSR count). The van der Waals surface area contributed by atoms with Gasteiger partial charge in [0.1, 0.15) is 5.84 Å². The molecule has 0 spiro atoms. The Morgan fingerprint density at radius 3 is 2.26 bits per heavy atom. The molecule has 8 nitrogen and oxygen atoms in total. The molecule has 0 aliphatic carbocycles. The van der Waals surface area contributed by atoms with Gasteiger partial charge >= 0.3 is 10.2 Å². The van der Waals surface area contributed by atoms with E-state index in [4.69, 9.17) is 22.4 Å². The van der Waals surface area contributed by atoms with Crippen LogP contribution in [-0.4, -0.2) is 60.8 Å². The standard InChI is InChI=1S/C26H31ClF2N6O2S/c1-25(2,3)23(30)31-24(33-38(36,37)34-15-13-26(28,29)14-16-34)35-17-21(18-7-5-4-6-8-18)22(32-35)19-9-11-20(27)12-10-19/h4-12,21H,13-17H2,1-3H3,(H2,30,31,33). The second-order valence-corrected chi connectivity index (χ2v) is 12.4. The predicted octanol–water partition coefficient (Wildman–Crippen LogP) is 4.88. The van der Waals surface area contributed by atoms with Crippen LogP contribution in [0.1, 0.15) is 50.7 Å². The minimum absolute atomic E-state index is 0.156. The lowest BCUT2D eigenvalue weighted by atomic mass is 9.91. The van der Waals surface area contributed by atoms with Crippen molar-refractivity contribution in [3.05, 3.63) is 70.7 Å². The molecular weight excluding hydrogens is 534 g/mol. The number of halogens is 3. The molecule has 0 radical (unpaired) electrons. The van der Waals surface area contributed by atoms with Crippen LogP contribution in [0, 0.1) is 5.41 Å². The summed E-state index contributed by atoms with van der Waals surface area (Å²) in [6.07, 6.45) is -1.13. The van der Waals surface area contributed by atoms with E-state index in [1.165, 1.54) is 5.01 Å². The topological polar surface area (TPSA) is 104 Å². The zero-order valence-corrected chi connectivity index (χ0v) is 23.1. The van der Waals surface area contributed by atoms with E-state index >= 15 is 0 Å². The van der Waals surface area contributed by atoms with Gasteiger partial charge in [0.2, 0.25) is 0 Å². The summed E-state index contributed by atoms with van der Waals surface area (Å²) in [5.74, 6) is -3.20. The van der Waals surface area contributed by atoms with Crippen molar-refractivity contribution < 1.29 is 17.2 Å². The van der Waals surface area contributed by atoms with Gasteiger partial charge in [0, 0.05) is 42.3 Å². The van der Waals surface area contributed by atoms with Crippen LogP contribution in [0.15, 0.2) is 69.1 Å². The molecule has 2 aromatic rings. The molecule has 12 heteroatoms. The molecule has 0 aromatic heterocycles. The normalized spacial score (nSPS) is 21.5. The molecule has 2 N–H and O–H groups in total. The molecule has 0 bridgehead atoms. The molecule has 1 saturated heterocycles. The number of alkyl halides is 2. The number of aliphatic imine (C=N–C) groups is 1. The summed E-state index contributed by atoms with van der Waals surface area (Å²) < 4.78 is 58.8. The number of hydrazone groups is 1. The largest absolute Gasteiger partial charge is 0.387 e. The smallest absolute Gasteiger partial charge is 0.325 e. The lowest BCUT2D eigenvalue weighted by Gasteiger charge is -2.29. The predicted molar refractivity (Wildman–Crippen MR) is 147 cm³/mol. The quantitative estimate of drug-likeness (QED) is 0.422. The molecule has 2 aliphatic heterocycles. The van der Waals surface area contributed by atoms with Gasteiger partial charge in [-0.05, 0) is 23.3 Å². The van der Waals surface area contributed by atoms with Gasteiger partial charge < -0.3 is 5.73 Å². The number of amidine groups is 1. The van der Waals surface area contributed by atoms with Crippen molar-refractivity contribution in [1.29, 1.82) is 0 Å². The first-order valence-electron chi connectivity index (χ1n) is 12.2. The summed E-state index contributed by atoms with van der Waals surface area (Å²) in [7, 11) is -4.33. The first-order chi connectivity index (χ1) is 17.7. The van der Waals surface area contributed by atoms with E-state index in [9.17, 15) is 17.2 Å². The van der Waals surface area contributed by atoms with E-state index in [1.807, 2.05) is 63.2 Å². The first-order valence-corrected chi connectivity index (χ1v) is 14.0. The summed E-state index contributed by atoms with van der Waals surface area (Å²) >= 11 is 6.10. The van der Waals surface area contributed by atoms with Crippen LogP contribution in [0.2, 0.25) is 5.02 Å². The van der Waals surface area contributed by atoms with Crippen molar-refractivity contribution in [3.8, 4) is 0 Å². The van der Waals surface area contributed by atoms with Crippen molar-refractivity contribution in [2.24, 2.45) is 25.6 Å². The molecule has 1 fully saturated rings. The van der Waals surface area contributed by atoms with Gasteiger partial charge in [0.25, 0.3) is 11.9 Å². The second-order valence-electron chi connectivity index (χ2n) is 10.4. The van der Waals surface area contributed by atoms with Gasteiger partial charge in [-0.2, -0.15) is 22.8 Å². The third kappa shape index (κ3) is 6.57. The van der Waals surface area contributed by atoms with Crippen LogP contribution in [0.4, 0.5) is 8.78 Å². The fourth-order valence-corrected chi connectivity index (χ4v) is 5.29. The summed E-state index contributed by atoms with van der Waals surface area (Å²) in [5, 5.41) is 6.73. The van der Waals surface area contributed by atoms with Gasteiger partial charge in [-0.3, -0.25) is 0 Å². The van der Waals surface area contributed by atoms with Crippen LogP contribution < -0.4 is 5.73 Å². The zero-order chi connectivity index (χ0) is 27.7. The third-order valence-electron chi connectivity index (χ3n) is 6.45. The number of nitrogens with two attached hydrogens (primary N) is 1. The Labute approximate surface area is 227 Å². The summed E-state index contributed by atoms with van der Waals surface area (Å²) in [5.41, 5.74) is 8.10. The summed E-state index contributed by atoms with van der Waals surface area (Å²) in [6, 6.07) is 16.9. The highest BCUT2D eigenvalue weighted by Crippen LogP contribution is 2.32.